The van der Waals surface area contributed by atoms with Gasteiger partial charge in [0, 0.05) is 30.9 Å². The largest absolute Gasteiger partial charge is 0.394 e. The minimum absolute atomic E-state index is 0.0263. The molecule has 0 aliphatic carbocycles. The first kappa shape index (κ1) is 13.7. The van der Waals surface area contributed by atoms with Crippen LogP contribution >= 0.6 is 11.6 Å². The van der Waals surface area contributed by atoms with E-state index < -0.39 is 5.82 Å². The Hall–Kier alpha value is -0.680. The summed E-state index contributed by atoms with van der Waals surface area (Å²) in [6.45, 7) is 1.61. The molecular weight excluding hydrogens is 257 g/mol. The van der Waals surface area contributed by atoms with Crippen LogP contribution in [0.15, 0.2) is 18.2 Å². The normalized spacial score (nSPS) is 18.8. The molecule has 0 amide bonds. The second-order valence-electron chi connectivity index (χ2n) is 4.62. The first-order valence-electron chi connectivity index (χ1n) is 6.03. The van der Waals surface area contributed by atoms with Crippen LogP contribution < -0.4 is 5.32 Å². The Kier molecular flexibility index (Phi) is 4.56. The average Bonchev–Trinajstić information content (AvgIpc) is 2.41. The van der Waals surface area contributed by atoms with Crippen LogP contribution in [0.5, 0.6) is 0 Å². The van der Waals surface area contributed by atoms with Crippen molar-refractivity contribution in [3.8, 4) is 0 Å². The number of aliphatic hydroxyl groups is 1. The van der Waals surface area contributed by atoms with Gasteiger partial charge in [0.05, 0.1) is 11.6 Å². The van der Waals surface area contributed by atoms with Crippen LogP contribution in [0.1, 0.15) is 18.4 Å². The van der Waals surface area contributed by atoms with E-state index in [9.17, 15) is 9.50 Å². The van der Waals surface area contributed by atoms with E-state index in [1.54, 1.807) is 12.1 Å². The Morgan fingerprint density at radius 3 is 2.78 bits per heavy atom. The summed E-state index contributed by atoms with van der Waals surface area (Å²) >= 11 is 5.73. The maximum Gasteiger partial charge on any atom is 0.146 e. The summed E-state index contributed by atoms with van der Waals surface area (Å²) in [5.41, 5.74) is 0.148. The molecule has 0 atom stereocenters. The van der Waals surface area contributed by atoms with Gasteiger partial charge in [0.25, 0.3) is 0 Å². The van der Waals surface area contributed by atoms with Crippen molar-refractivity contribution in [1.29, 1.82) is 0 Å². The van der Waals surface area contributed by atoms with E-state index in [0.29, 0.717) is 25.3 Å². The summed E-state index contributed by atoms with van der Waals surface area (Å²) in [7, 11) is 0. The van der Waals surface area contributed by atoms with Gasteiger partial charge in [0.2, 0.25) is 0 Å². The molecule has 0 spiro atoms. The first-order valence-corrected chi connectivity index (χ1v) is 6.41. The van der Waals surface area contributed by atoms with Crippen LogP contribution in [0.3, 0.4) is 0 Å². The molecule has 1 aromatic carbocycles. The number of aliphatic hydroxyl groups excluding tert-OH is 1. The van der Waals surface area contributed by atoms with Crippen molar-refractivity contribution in [2.24, 2.45) is 0 Å². The number of ether oxygens (including phenoxy) is 1. The van der Waals surface area contributed by atoms with Gasteiger partial charge in [-0.1, -0.05) is 23.7 Å². The zero-order valence-corrected chi connectivity index (χ0v) is 10.8. The van der Waals surface area contributed by atoms with E-state index in [1.165, 1.54) is 6.07 Å². The lowest BCUT2D eigenvalue weighted by atomic mass is 9.90. The number of nitrogens with one attached hydrogen (secondary N) is 1. The lowest BCUT2D eigenvalue weighted by Crippen LogP contribution is -2.51. The number of hydrogen-bond acceptors (Lipinski definition) is 3. The van der Waals surface area contributed by atoms with Crippen molar-refractivity contribution in [1.82, 2.24) is 5.32 Å². The zero-order valence-electron chi connectivity index (χ0n) is 10.1. The van der Waals surface area contributed by atoms with Crippen LogP contribution in [-0.4, -0.2) is 30.5 Å². The van der Waals surface area contributed by atoms with Gasteiger partial charge in [-0.05, 0) is 18.9 Å². The molecule has 0 unspecified atom stereocenters. The molecule has 0 bridgehead atoms. The van der Waals surface area contributed by atoms with Crippen molar-refractivity contribution in [2.45, 2.75) is 24.9 Å². The average molecular weight is 274 g/mol. The maximum atomic E-state index is 13.7. The van der Waals surface area contributed by atoms with E-state index >= 15 is 0 Å². The summed E-state index contributed by atoms with van der Waals surface area (Å²) in [6, 6.07) is 4.94. The molecular formula is C13H17ClFNO2. The van der Waals surface area contributed by atoms with Gasteiger partial charge in [0.1, 0.15) is 5.82 Å². The van der Waals surface area contributed by atoms with Crippen LogP contribution in [0.25, 0.3) is 0 Å². The lowest BCUT2D eigenvalue weighted by Gasteiger charge is -2.36. The predicted octanol–water partition coefficient (Wildman–Crippen LogP) is 2.11. The van der Waals surface area contributed by atoms with E-state index in [1.807, 2.05) is 0 Å². The molecule has 2 N–H and O–H groups in total. The second-order valence-corrected chi connectivity index (χ2v) is 5.02. The first-order chi connectivity index (χ1) is 8.67. The molecule has 2 rings (SSSR count). The molecule has 3 nitrogen and oxygen atoms in total. The van der Waals surface area contributed by atoms with Gasteiger partial charge in [-0.15, -0.1) is 0 Å². The summed E-state index contributed by atoms with van der Waals surface area (Å²) < 4.78 is 19.0. The Labute approximate surface area is 111 Å². The molecule has 1 heterocycles. The van der Waals surface area contributed by atoms with Crippen LogP contribution in [-0.2, 0) is 11.3 Å². The monoisotopic (exact) mass is 273 g/mol. The Balaban J connectivity index is 2.03. The topological polar surface area (TPSA) is 41.5 Å². The fourth-order valence-corrected chi connectivity index (χ4v) is 2.31. The standard InChI is InChI=1S/C13H17ClFNO2/c14-11-3-1-2-10(12(11)15)8-16-13(9-17)4-6-18-7-5-13/h1-3,16-17H,4-9H2. The number of rotatable bonds is 4. The highest BCUT2D eigenvalue weighted by Crippen LogP contribution is 2.22. The molecule has 0 aromatic heterocycles. The van der Waals surface area contributed by atoms with Gasteiger partial charge in [-0.25, -0.2) is 4.39 Å². The molecule has 5 heteroatoms. The molecule has 1 fully saturated rings. The fraction of sp³-hybridized carbons (Fsp3) is 0.538. The molecule has 0 saturated carbocycles. The third-order valence-corrected chi connectivity index (χ3v) is 3.73. The van der Waals surface area contributed by atoms with Crippen molar-refractivity contribution in [2.75, 3.05) is 19.8 Å². The fourth-order valence-electron chi connectivity index (χ4n) is 2.12. The van der Waals surface area contributed by atoms with Crippen molar-refractivity contribution < 1.29 is 14.2 Å². The highest BCUT2D eigenvalue weighted by molar-refractivity contribution is 6.30. The molecule has 0 radical (unpaired) electrons. The smallest absolute Gasteiger partial charge is 0.146 e. The minimum Gasteiger partial charge on any atom is -0.394 e. The Morgan fingerprint density at radius 1 is 1.39 bits per heavy atom. The van der Waals surface area contributed by atoms with Crippen LogP contribution in [0, 0.1) is 5.82 Å². The summed E-state index contributed by atoms with van der Waals surface area (Å²) in [6.07, 6.45) is 1.46. The Bertz CT molecular complexity index is 408. The summed E-state index contributed by atoms with van der Waals surface area (Å²) in [5, 5.41) is 12.9. The SMILES string of the molecule is OCC1(NCc2cccc(Cl)c2F)CCOCC1. The van der Waals surface area contributed by atoms with Crippen molar-refractivity contribution in [3.63, 3.8) is 0 Å². The minimum atomic E-state index is -0.396. The van der Waals surface area contributed by atoms with Crippen molar-refractivity contribution in [3.05, 3.63) is 34.6 Å². The Morgan fingerprint density at radius 2 is 2.11 bits per heavy atom. The molecule has 100 valence electrons. The predicted molar refractivity (Wildman–Crippen MR) is 68.1 cm³/mol. The maximum absolute atomic E-state index is 13.7. The molecule has 18 heavy (non-hydrogen) atoms. The summed E-state index contributed by atoms with van der Waals surface area (Å²) in [5.74, 6) is -0.396. The summed E-state index contributed by atoms with van der Waals surface area (Å²) in [4.78, 5) is 0. The third-order valence-electron chi connectivity index (χ3n) is 3.44. The van der Waals surface area contributed by atoms with E-state index in [4.69, 9.17) is 16.3 Å². The number of halogens is 2. The van der Waals surface area contributed by atoms with Gasteiger partial charge in [-0.2, -0.15) is 0 Å². The third kappa shape index (κ3) is 3.01. The van der Waals surface area contributed by atoms with Gasteiger partial charge in [-0.3, -0.25) is 0 Å². The molecule has 1 aliphatic rings. The van der Waals surface area contributed by atoms with Gasteiger partial charge in [0.15, 0.2) is 0 Å². The van der Waals surface area contributed by atoms with E-state index in [0.717, 1.165) is 12.8 Å². The van der Waals surface area contributed by atoms with Crippen LogP contribution in [0.2, 0.25) is 5.02 Å². The highest BCUT2D eigenvalue weighted by Gasteiger charge is 2.31. The highest BCUT2D eigenvalue weighted by atomic mass is 35.5. The van der Waals surface area contributed by atoms with Crippen LogP contribution in [0.4, 0.5) is 4.39 Å². The van der Waals surface area contributed by atoms with Crippen molar-refractivity contribution >= 4 is 11.6 Å². The molecule has 1 aliphatic heterocycles. The second kappa shape index (κ2) is 5.97. The van der Waals surface area contributed by atoms with E-state index in [2.05, 4.69) is 5.32 Å². The quantitative estimate of drug-likeness (QED) is 0.883. The number of benzene rings is 1. The van der Waals surface area contributed by atoms with Gasteiger partial charge >= 0.3 is 0 Å². The number of hydrogen-bond donors (Lipinski definition) is 2. The van der Waals surface area contributed by atoms with E-state index in [-0.39, 0.29) is 17.2 Å². The molecule has 1 saturated heterocycles. The lowest BCUT2D eigenvalue weighted by molar-refractivity contribution is 0.0110. The molecule has 1 aromatic rings. The van der Waals surface area contributed by atoms with Gasteiger partial charge < -0.3 is 15.2 Å². The zero-order chi connectivity index (χ0) is 13.0.